The van der Waals surface area contributed by atoms with Crippen LogP contribution in [0.2, 0.25) is 0 Å². The van der Waals surface area contributed by atoms with E-state index in [4.69, 9.17) is 9.47 Å². The number of hydrogen-bond acceptors (Lipinski definition) is 7. The molecule has 0 spiro atoms. The Balaban J connectivity index is 2.29. The van der Waals surface area contributed by atoms with Crippen molar-refractivity contribution in [2.45, 2.75) is 44.8 Å². The first kappa shape index (κ1) is 18.1. The summed E-state index contributed by atoms with van der Waals surface area (Å²) >= 11 is 0. The summed E-state index contributed by atoms with van der Waals surface area (Å²) in [5, 5.41) is 22.1. The lowest BCUT2D eigenvalue weighted by Gasteiger charge is -2.18. The zero-order chi connectivity index (χ0) is 17.9. The van der Waals surface area contributed by atoms with E-state index in [0.717, 1.165) is 4.57 Å². The topological polar surface area (TPSA) is 123 Å². The van der Waals surface area contributed by atoms with Gasteiger partial charge in [-0.25, -0.2) is 9.59 Å². The highest BCUT2D eigenvalue weighted by Crippen LogP contribution is 2.28. The second-order valence-electron chi connectivity index (χ2n) is 5.41. The predicted molar refractivity (Wildman–Crippen MR) is 85.4 cm³/mol. The maximum absolute atomic E-state index is 12.2. The molecule has 0 radical (unpaired) electrons. The number of aliphatic hydroxyl groups is 2. The van der Waals surface area contributed by atoms with E-state index in [9.17, 15) is 19.8 Å². The molecule has 4 atom stereocenters. The van der Waals surface area contributed by atoms with Crippen LogP contribution in [0, 0.1) is 0 Å². The Kier molecular flexibility index (Phi) is 5.71. The molecule has 2 rings (SSSR count). The van der Waals surface area contributed by atoms with Crippen molar-refractivity contribution in [2.75, 3.05) is 11.9 Å². The molecule has 1 aliphatic heterocycles. The molecule has 9 nitrogen and oxygen atoms in total. The molecule has 132 valence electrons. The number of amides is 1. The van der Waals surface area contributed by atoms with Gasteiger partial charge in [0, 0.05) is 11.8 Å². The first-order chi connectivity index (χ1) is 11.4. The molecule has 2 unspecified atom stereocenters. The summed E-state index contributed by atoms with van der Waals surface area (Å²) in [5.41, 5.74) is -0.412. The minimum atomic E-state index is -1.27. The van der Waals surface area contributed by atoms with E-state index in [-0.39, 0.29) is 12.4 Å². The van der Waals surface area contributed by atoms with Gasteiger partial charge in [0.15, 0.2) is 6.23 Å². The molecule has 9 heteroatoms. The summed E-state index contributed by atoms with van der Waals surface area (Å²) in [5.74, 6) is -0.00608. The van der Waals surface area contributed by atoms with Crippen LogP contribution in [-0.4, -0.2) is 50.8 Å². The van der Waals surface area contributed by atoms with Crippen LogP contribution in [0.1, 0.15) is 32.1 Å². The van der Waals surface area contributed by atoms with Crippen LogP contribution < -0.4 is 11.0 Å². The molecule has 24 heavy (non-hydrogen) atoms. The van der Waals surface area contributed by atoms with Crippen LogP contribution in [0.15, 0.2) is 17.6 Å². The largest absolute Gasteiger partial charge is 0.449 e. The van der Waals surface area contributed by atoms with Gasteiger partial charge in [-0.3, -0.25) is 9.88 Å². The van der Waals surface area contributed by atoms with Crippen LogP contribution in [-0.2, 0) is 9.47 Å². The molecule has 0 bridgehead atoms. The third-order valence-corrected chi connectivity index (χ3v) is 3.61. The molecule has 1 saturated heterocycles. The lowest BCUT2D eigenvalue weighted by Crippen LogP contribution is -2.36. The van der Waals surface area contributed by atoms with Gasteiger partial charge in [-0.05, 0) is 13.3 Å². The standard InChI is InChI=1S/C15H21N3O6/c1-4-6-23-15(22)17-12-9(5-2)7-18(14(21)16-12)13-11(20)10(19)8(3)24-13/h5,7-8,10-11,13,19-20H,2,4,6H2,1,3H3,(H,16,17,21,22)/t8-,10?,11?,13-/m1/s1. The molecule has 3 N–H and O–H groups in total. The number of ether oxygens (including phenoxy) is 2. The van der Waals surface area contributed by atoms with Gasteiger partial charge in [0.1, 0.15) is 18.0 Å². The zero-order valence-electron chi connectivity index (χ0n) is 13.5. The summed E-state index contributed by atoms with van der Waals surface area (Å²) in [7, 11) is 0. The SMILES string of the molecule is C=Cc1cn([C@@H]2O[C@H](C)C(O)C2O)c(=O)nc1NC(=O)OCCC. The molecule has 0 aliphatic carbocycles. The van der Waals surface area contributed by atoms with E-state index in [1.807, 2.05) is 6.92 Å². The van der Waals surface area contributed by atoms with Gasteiger partial charge in [-0.2, -0.15) is 4.98 Å². The van der Waals surface area contributed by atoms with Gasteiger partial charge in [0.05, 0.1) is 12.7 Å². The van der Waals surface area contributed by atoms with Gasteiger partial charge in [-0.1, -0.05) is 19.6 Å². The third kappa shape index (κ3) is 3.64. The van der Waals surface area contributed by atoms with Crippen LogP contribution >= 0.6 is 0 Å². The number of hydrogen-bond donors (Lipinski definition) is 3. The fourth-order valence-corrected chi connectivity index (χ4v) is 2.30. The molecule has 0 saturated carbocycles. The molecule has 1 fully saturated rings. The van der Waals surface area contributed by atoms with Crippen molar-refractivity contribution in [3.63, 3.8) is 0 Å². The zero-order valence-corrected chi connectivity index (χ0v) is 13.5. The smallest absolute Gasteiger partial charge is 0.412 e. The second kappa shape index (κ2) is 7.56. The van der Waals surface area contributed by atoms with Crippen molar-refractivity contribution >= 4 is 18.0 Å². The Morgan fingerprint density at radius 1 is 1.54 bits per heavy atom. The van der Waals surface area contributed by atoms with Gasteiger partial charge in [0.2, 0.25) is 0 Å². The van der Waals surface area contributed by atoms with Crippen LogP contribution in [0.25, 0.3) is 6.08 Å². The quantitative estimate of drug-likeness (QED) is 0.713. The Morgan fingerprint density at radius 2 is 2.25 bits per heavy atom. The van der Waals surface area contributed by atoms with Gasteiger partial charge in [-0.15, -0.1) is 0 Å². The second-order valence-corrected chi connectivity index (χ2v) is 5.41. The highest BCUT2D eigenvalue weighted by Gasteiger charge is 2.42. The van der Waals surface area contributed by atoms with Gasteiger partial charge in [0.25, 0.3) is 0 Å². The van der Waals surface area contributed by atoms with Crippen molar-refractivity contribution in [3.05, 3.63) is 28.8 Å². The number of aliphatic hydroxyl groups excluding tert-OH is 2. The Hall–Kier alpha value is -2.23. The molecule has 1 aromatic heterocycles. The Bertz CT molecular complexity index is 674. The lowest BCUT2D eigenvalue weighted by atomic mass is 10.1. The van der Waals surface area contributed by atoms with Crippen LogP contribution in [0.4, 0.5) is 10.6 Å². The summed E-state index contributed by atoms with van der Waals surface area (Å²) in [6.07, 6.45) is -1.43. The predicted octanol–water partition coefficient (Wildman–Crippen LogP) is 0.484. The number of nitrogens with zero attached hydrogens (tertiary/aromatic N) is 2. The van der Waals surface area contributed by atoms with E-state index in [0.29, 0.717) is 12.0 Å². The molecule has 0 aromatic carbocycles. The molecule has 1 amide bonds. The van der Waals surface area contributed by atoms with Crippen molar-refractivity contribution in [1.82, 2.24) is 9.55 Å². The number of carbonyl (C=O) groups excluding carboxylic acids is 1. The average Bonchev–Trinajstić information content (AvgIpc) is 2.80. The summed E-state index contributed by atoms with van der Waals surface area (Å²) in [6.45, 7) is 7.28. The van der Waals surface area contributed by atoms with Gasteiger partial charge < -0.3 is 19.7 Å². The van der Waals surface area contributed by atoms with E-state index in [1.165, 1.54) is 12.3 Å². The monoisotopic (exact) mass is 339 g/mol. The number of anilines is 1. The Morgan fingerprint density at radius 3 is 2.79 bits per heavy atom. The van der Waals surface area contributed by atoms with E-state index in [1.54, 1.807) is 6.92 Å². The number of rotatable bonds is 5. The molecule has 1 aliphatic rings. The molecular weight excluding hydrogens is 318 g/mol. The fraction of sp³-hybridized carbons (Fsp3) is 0.533. The summed E-state index contributed by atoms with van der Waals surface area (Å²) < 4.78 is 11.3. The average molecular weight is 339 g/mol. The van der Waals surface area contributed by atoms with Crippen molar-refractivity contribution < 1.29 is 24.5 Å². The first-order valence-electron chi connectivity index (χ1n) is 7.60. The normalized spacial score (nSPS) is 26.2. The minimum absolute atomic E-state index is 0.00608. The summed E-state index contributed by atoms with van der Waals surface area (Å²) in [4.78, 5) is 27.6. The molecular formula is C15H21N3O6. The molecule has 2 heterocycles. The number of nitrogens with one attached hydrogen (secondary N) is 1. The summed E-state index contributed by atoms with van der Waals surface area (Å²) in [6, 6.07) is 0. The lowest BCUT2D eigenvalue weighted by molar-refractivity contribution is -0.0350. The first-order valence-corrected chi connectivity index (χ1v) is 7.60. The van der Waals surface area contributed by atoms with Crippen molar-refractivity contribution in [3.8, 4) is 0 Å². The highest BCUT2D eigenvalue weighted by molar-refractivity contribution is 5.85. The van der Waals surface area contributed by atoms with E-state index in [2.05, 4.69) is 16.9 Å². The fourth-order valence-electron chi connectivity index (χ4n) is 2.30. The molecule has 1 aromatic rings. The van der Waals surface area contributed by atoms with E-state index < -0.39 is 36.3 Å². The van der Waals surface area contributed by atoms with Crippen molar-refractivity contribution in [2.24, 2.45) is 0 Å². The highest BCUT2D eigenvalue weighted by atomic mass is 16.6. The van der Waals surface area contributed by atoms with Crippen LogP contribution in [0.5, 0.6) is 0 Å². The maximum atomic E-state index is 12.2. The van der Waals surface area contributed by atoms with Crippen molar-refractivity contribution in [1.29, 1.82) is 0 Å². The van der Waals surface area contributed by atoms with E-state index >= 15 is 0 Å². The number of aromatic nitrogens is 2. The third-order valence-electron chi connectivity index (χ3n) is 3.61. The number of carbonyl (C=O) groups is 1. The van der Waals surface area contributed by atoms with Gasteiger partial charge >= 0.3 is 11.8 Å². The minimum Gasteiger partial charge on any atom is -0.449 e. The maximum Gasteiger partial charge on any atom is 0.412 e. The van der Waals surface area contributed by atoms with Crippen LogP contribution in [0.3, 0.4) is 0 Å². The Labute approximate surface area is 138 Å².